The number of nitrogens with one attached hydrogen (secondary N) is 1. The maximum Gasteiger partial charge on any atom is 0.424 e. The SMILES string of the molecule is COc1ccc(C(=O)NCC(O)(c2cc3c(c(-c4ccc(F)cc4)n2)OCC3(C)N)C(F)(F)F)nc1OC. The molecule has 2 atom stereocenters. The molecule has 2 aromatic heterocycles. The van der Waals surface area contributed by atoms with Gasteiger partial charge in [-0.05, 0) is 49.4 Å². The van der Waals surface area contributed by atoms with E-state index < -0.39 is 41.3 Å². The van der Waals surface area contributed by atoms with Crippen LogP contribution in [0.25, 0.3) is 11.3 Å². The van der Waals surface area contributed by atoms with Crippen LogP contribution >= 0.6 is 0 Å². The van der Waals surface area contributed by atoms with Crippen LogP contribution < -0.4 is 25.3 Å². The highest BCUT2D eigenvalue weighted by Crippen LogP contribution is 2.46. The molecule has 0 spiro atoms. The van der Waals surface area contributed by atoms with Crippen LogP contribution in [-0.4, -0.2) is 54.5 Å². The first-order valence-electron chi connectivity index (χ1n) is 11.2. The number of halogens is 4. The fourth-order valence-electron chi connectivity index (χ4n) is 3.91. The van der Waals surface area contributed by atoms with Gasteiger partial charge < -0.3 is 30.4 Å². The van der Waals surface area contributed by atoms with Crippen molar-refractivity contribution in [3.05, 3.63) is 65.2 Å². The number of benzene rings is 1. The van der Waals surface area contributed by atoms with Gasteiger partial charge in [-0.15, -0.1) is 0 Å². The summed E-state index contributed by atoms with van der Waals surface area (Å²) in [6.07, 6.45) is -5.28. The van der Waals surface area contributed by atoms with E-state index in [-0.39, 0.29) is 46.5 Å². The third-order valence-electron chi connectivity index (χ3n) is 6.09. The Labute approximate surface area is 214 Å². The van der Waals surface area contributed by atoms with Crippen LogP contribution in [0.5, 0.6) is 17.4 Å². The summed E-state index contributed by atoms with van der Waals surface area (Å²) in [5, 5.41) is 13.1. The second-order valence-corrected chi connectivity index (χ2v) is 8.89. The van der Waals surface area contributed by atoms with Gasteiger partial charge in [-0.3, -0.25) is 4.79 Å². The number of carbonyl (C=O) groups excluding carboxylic acids is 1. The van der Waals surface area contributed by atoms with Gasteiger partial charge in [0.25, 0.3) is 11.8 Å². The smallest absolute Gasteiger partial charge is 0.424 e. The van der Waals surface area contributed by atoms with Gasteiger partial charge in [-0.1, -0.05) is 0 Å². The molecular weight excluding hydrogens is 512 g/mol. The maximum absolute atomic E-state index is 14.4. The lowest BCUT2D eigenvalue weighted by Crippen LogP contribution is -2.51. The molecule has 2 unspecified atom stereocenters. The van der Waals surface area contributed by atoms with Gasteiger partial charge in [-0.2, -0.15) is 13.2 Å². The summed E-state index contributed by atoms with van der Waals surface area (Å²) in [6, 6.07) is 8.43. The number of carbonyl (C=O) groups is 1. The first kappa shape index (κ1) is 27.1. The molecule has 3 heterocycles. The summed E-state index contributed by atoms with van der Waals surface area (Å²) in [7, 11) is 2.63. The number of rotatable bonds is 7. The lowest BCUT2D eigenvalue weighted by atomic mass is 9.89. The van der Waals surface area contributed by atoms with E-state index in [4.69, 9.17) is 19.9 Å². The first-order chi connectivity index (χ1) is 17.8. The minimum absolute atomic E-state index is 0.0577. The molecule has 0 radical (unpaired) electrons. The number of alkyl halides is 3. The van der Waals surface area contributed by atoms with Crippen molar-refractivity contribution in [1.82, 2.24) is 15.3 Å². The molecule has 1 aliphatic rings. The molecule has 1 amide bonds. The number of fused-ring (bicyclic) bond motifs is 1. The van der Waals surface area contributed by atoms with Gasteiger partial charge in [-0.25, -0.2) is 14.4 Å². The largest absolute Gasteiger partial charge is 0.491 e. The molecule has 0 aliphatic carbocycles. The molecule has 1 aliphatic heterocycles. The van der Waals surface area contributed by atoms with Crippen molar-refractivity contribution >= 4 is 5.91 Å². The minimum atomic E-state index is -5.28. The number of nitrogens with two attached hydrogens (primary N) is 1. The number of pyridine rings is 2. The van der Waals surface area contributed by atoms with Crippen LogP contribution in [0, 0.1) is 5.82 Å². The number of amides is 1. The molecule has 4 rings (SSSR count). The lowest BCUT2D eigenvalue weighted by molar-refractivity contribution is -0.265. The van der Waals surface area contributed by atoms with Gasteiger partial charge in [0.2, 0.25) is 5.60 Å². The third-order valence-corrected chi connectivity index (χ3v) is 6.09. The predicted octanol–water partition coefficient (Wildman–Crippen LogP) is 3.05. The number of hydrogen-bond donors (Lipinski definition) is 3. The van der Waals surface area contributed by atoms with Crippen molar-refractivity contribution in [1.29, 1.82) is 0 Å². The van der Waals surface area contributed by atoms with E-state index >= 15 is 0 Å². The standard InChI is InChI=1S/C25H24F4N4O5/c1-23(30)12-38-20-15(23)10-18(33-19(20)13-4-6-14(26)7-5-13)24(35,25(27,28)29)11-31-21(34)16-8-9-17(36-2)22(32-16)37-3/h4-10,35H,11-12,30H2,1-3H3,(H,31,34). The van der Waals surface area contributed by atoms with Crippen molar-refractivity contribution in [3.63, 3.8) is 0 Å². The van der Waals surface area contributed by atoms with Gasteiger partial charge in [0.1, 0.15) is 23.8 Å². The summed E-state index contributed by atoms with van der Waals surface area (Å²) >= 11 is 0. The number of methoxy groups -OCH3 is 2. The molecule has 0 saturated carbocycles. The molecule has 0 saturated heterocycles. The van der Waals surface area contributed by atoms with Crippen LogP contribution in [0.1, 0.15) is 28.7 Å². The van der Waals surface area contributed by atoms with Crippen LogP contribution in [0.15, 0.2) is 42.5 Å². The second-order valence-electron chi connectivity index (χ2n) is 8.89. The molecule has 3 aromatic rings. The number of aromatic nitrogens is 2. The molecule has 13 heteroatoms. The fourth-order valence-corrected chi connectivity index (χ4v) is 3.91. The van der Waals surface area contributed by atoms with Crippen LogP contribution in [0.2, 0.25) is 0 Å². The highest BCUT2D eigenvalue weighted by molar-refractivity contribution is 5.92. The van der Waals surface area contributed by atoms with Crippen LogP contribution in [-0.2, 0) is 11.1 Å². The minimum Gasteiger partial charge on any atom is -0.491 e. The van der Waals surface area contributed by atoms with Crippen LogP contribution in [0.4, 0.5) is 17.6 Å². The zero-order valence-electron chi connectivity index (χ0n) is 20.5. The number of ether oxygens (including phenoxy) is 3. The Morgan fingerprint density at radius 2 is 1.84 bits per heavy atom. The molecule has 9 nitrogen and oxygen atoms in total. The number of hydrogen-bond acceptors (Lipinski definition) is 8. The van der Waals surface area contributed by atoms with E-state index in [0.717, 1.165) is 18.2 Å². The van der Waals surface area contributed by atoms with Gasteiger partial charge in [0, 0.05) is 11.1 Å². The summed E-state index contributed by atoms with van der Waals surface area (Å²) in [5.74, 6) is -1.31. The average Bonchev–Trinajstić information content (AvgIpc) is 3.20. The molecular formula is C25H24F4N4O5. The molecule has 1 aromatic carbocycles. The van der Waals surface area contributed by atoms with Gasteiger partial charge in [0.15, 0.2) is 11.5 Å². The summed E-state index contributed by atoms with van der Waals surface area (Å²) in [5.41, 5.74) is 0.647. The quantitative estimate of drug-likeness (QED) is 0.393. The average molecular weight is 536 g/mol. The first-order valence-corrected chi connectivity index (χ1v) is 11.2. The Kier molecular flexibility index (Phi) is 6.93. The Balaban J connectivity index is 1.76. The summed E-state index contributed by atoms with van der Waals surface area (Å²) in [4.78, 5) is 20.7. The Hall–Kier alpha value is -3.97. The number of aliphatic hydroxyl groups is 1. The van der Waals surface area contributed by atoms with Crippen LogP contribution in [0.3, 0.4) is 0 Å². The van der Waals surface area contributed by atoms with Crippen molar-refractivity contribution in [2.24, 2.45) is 5.73 Å². The van der Waals surface area contributed by atoms with E-state index in [2.05, 4.69) is 15.3 Å². The van der Waals surface area contributed by atoms with E-state index in [9.17, 15) is 27.5 Å². The van der Waals surface area contributed by atoms with Gasteiger partial charge in [0.05, 0.1) is 32.0 Å². The zero-order valence-corrected chi connectivity index (χ0v) is 20.5. The third kappa shape index (κ3) is 4.82. The summed E-state index contributed by atoms with van der Waals surface area (Å²) in [6.45, 7) is 0.185. The Morgan fingerprint density at radius 3 is 2.45 bits per heavy atom. The maximum atomic E-state index is 14.4. The number of nitrogens with zero attached hydrogens (tertiary/aromatic N) is 2. The normalized spacial score (nSPS) is 18.2. The van der Waals surface area contributed by atoms with Gasteiger partial charge >= 0.3 is 6.18 Å². The van der Waals surface area contributed by atoms with Crippen molar-refractivity contribution < 1.29 is 41.7 Å². The van der Waals surface area contributed by atoms with Crippen molar-refractivity contribution in [2.45, 2.75) is 24.2 Å². The topological polar surface area (TPSA) is 129 Å². The van der Waals surface area contributed by atoms with E-state index in [1.807, 2.05) is 0 Å². The van der Waals surface area contributed by atoms with Crippen molar-refractivity contribution in [2.75, 3.05) is 27.4 Å². The molecule has 4 N–H and O–H groups in total. The van der Waals surface area contributed by atoms with Crippen molar-refractivity contribution in [3.8, 4) is 28.6 Å². The van der Waals surface area contributed by atoms with E-state index in [1.165, 1.54) is 38.5 Å². The molecule has 202 valence electrons. The predicted molar refractivity (Wildman–Crippen MR) is 126 cm³/mol. The summed E-state index contributed by atoms with van der Waals surface area (Å²) < 4.78 is 72.4. The zero-order chi connectivity index (χ0) is 27.9. The lowest BCUT2D eigenvalue weighted by Gasteiger charge is -2.31. The second kappa shape index (κ2) is 9.72. The highest BCUT2D eigenvalue weighted by Gasteiger charge is 2.57. The highest BCUT2D eigenvalue weighted by atomic mass is 19.4. The monoisotopic (exact) mass is 536 g/mol. The van der Waals surface area contributed by atoms with E-state index in [1.54, 1.807) is 6.92 Å². The Morgan fingerprint density at radius 1 is 1.16 bits per heavy atom. The molecule has 0 bridgehead atoms. The molecule has 38 heavy (non-hydrogen) atoms. The van der Waals surface area contributed by atoms with E-state index in [0.29, 0.717) is 0 Å². The molecule has 0 fully saturated rings. The Bertz CT molecular complexity index is 1370. The fraction of sp³-hybridized carbons (Fsp3) is 0.320.